The van der Waals surface area contributed by atoms with Crippen LogP contribution in [0.15, 0.2) is 30.3 Å². The van der Waals surface area contributed by atoms with Gasteiger partial charge < -0.3 is 10.2 Å². The maximum Gasteiger partial charge on any atom is 0.325 e. The van der Waals surface area contributed by atoms with Crippen molar-refractivity contribution < 1.29 is 24.2 Å². The summed E-state index contributed by atoms with van der Waals surface area (Å²) in [6, 6.07) is 5.23. The van der Waals surface area contributed by atoms with E-state index in [0.29, 0.717) is 5.56 Å². The van der Waals surface area contributed by atoms with Crippen molar-refractivity contribution in [3.63, 3.8) is 0 Å². The van der Waals surface area contributed by atoms with Crippen LogP contribution in [0.25, 0.3) is 0 Å². The van der Waals surface area contributed by atoms with Crippen LogP contribution < -0.4 is 5.32 Å². The molecule has 6 heteroatoms. The Hall–Kier alpha value is -1.95. The Morgan fingerprint density at radius 2 is 1.76 bits per heavy atom. The maximum absolute atomic E-state index is 12.4. The van der Waals surface area contributed by atoms with E-state index < -0.39 is 30.7 Å². The molecule has 0 radical (unpaired) electrons. The highest BCUT2D eigenvalue weighted by Gasteiger charge is 2.26. The Morgan fingerprint density at radius 3 is 2.18 bits per heavy atom. The fourth-order valence-corrected chi connectivity index (χ4v) is 1.34. The van der Waals surface area contributed by atoms with Gasteiger partial charge in [-0.05, 0) is 5.56 Å². The van der Waals surface area contributed by atoms with Crippen LogP contribution in [-0.2, 0) is 9.59 Å². The minimum atomic E-state index is -1.53. The average molecular weight is 241 g/mol. The van der Waals surface area contributed by atoms with Gasteiger partial charge in [-0.2, -0.15) is 0 Å². The molecule has 1 aromatic rings. The van der Waals surface area contributed by atoms with Gasteiger partial charge in [-0.1, -0.05) is 30.3 Å². The summed E-state index contributed by atoms with van der Waals surface area (Å²) in [5, 5.41) is 19.9. The molecule has 0 bridgehead atoms. The molecule has 0 saturated carbocycles. The lowest BCUT2D eigenvalue weighted by Gasteiger charge is -2.18. The molecule has 17 heavy (non-hydrogen) atoms. The summed E-state index contributed by atoms with van der Waals surface area (Å²) in [5.74, 6) is -2.68. The molecule has 3 N–H and O–H groups in total. The van der Waals surface area contributed by atoms with Crippen molar-refractivity contribution in [1.82, 2.24) is 5.32 Å². The number of hydrogen-bond acceptors (Lipinski definition) is 3. The quantitative estimate of drug-likeness (QED) is 0.686. The Balaban J connectivity index is 2.88. The maximum atomic E-state index is 12.4. The van der Waals surface area contributed by atoms with Gasteiger partial charge in [-0.25, -0.2) is 4.39 Å². The van der Waals surface area contributed by atoms with Gasteiger partial charge in [0.05, 0.1) is 0 Å². The smallest absolute Gasteiger partial charge is 0.325 e. The van der Waals surface area contributed by atoms with Crippen LogP contribution in [0.3, 0.4) is 0 Å². The van der Waals surface area contributed by atoms with Crippen molar-refractivity contribution in [2.75, 3.05) is 6.67 Å². The third-order valence-corrected chi connectivity index (χ3v) is 2.20. The molecule has 1 rings (SSSR count). The molecule has 0 saturated heterocycles. The summed E-state index contributed by atoms with van der Waals surface area (Å²) >= 11 is 0. The second-order valence-electron chi connectivity index (χ2n) is 3.39. The van der Waals surface area contributed by atoms with E-state index in [2.05, 4.69) is 5.32 Å². The summed E-state index contributed by atoms with van der Waals surface area (Å²) in [5.41, 5.74) is 0.375. The highest BCUT2D eigenvalue weighted by Crippen LogP contribution is 2.13. The largest absolute Gasteiger partial charge is 0.480 e. The van der Waals surface area contributed by atoms with E-state index in [0.717, 1.165) is 0 Å². The number of halogens is 1. The Labute approximate surface area is 96.9 Å². The molecule has 5 nitrogen and oxygen atoms in total. The molecular weight excluding hydrogens is 229 g/mol. The molecule has 0 aliphatic carbocycles. The van der Waals surface area contributed by atoms with E-state index in [4.69, 9.17) is 10.2 Å². The fourth-order valence-electron chi connectivity index (χ4n) is 1.34. The molecule has 1 unspecified atom stereocenters. The van der Waals surface area contributed by atoms with E-state index in [1.54, 1.807) is 18.2 Å². The van der Waals surface area contributed by atoms with Crippen LogP contribution in [0.2, 0.25) is 0 Å². The predicted molar refractivity (Wildman–Crippen MR) is 57.4 cm³/mol. The molecule has 0 heterocycles. The average Bonchev–Trinajstić information content (AvgIpc) is 2.30. The van der Waals surface area contributed by atoms with Gasteiger partial charge in [-0.3, -0.25) is 14.9 Å². The third kappa shape index (κ3) is 3.53. The minimum Gasteiger partial charge on any atom is -0.480 e. The van der Waals surface area contributed by atoms with Crippen LogP contribution in [0.1, 0.15) is 11.6 Å². The Morgan fingerprint density at radius 1 is 1.18 bits per heavy atom. The summed E-state index contributed by atoms with van der Waals surface area (Å²) in [6.07, 6.45) is 0. The zero-order valence-corrected chi connectivity index (χ0v) is 8.84. The zero-order chi connectivity index (χ0) is 12.8. The highest BCUT2D eigenvalue weighted by molar-refractivity contribution is 5.78. The molecule has 92 valence electrons. The Bertz CT molecular complexity index is 396. The van der Waals surface area contributed by atoms with Crippen molar-refractivity contribution in [3.05, 3.63) is 35.9 Å². The summed E-state index contributed by atoms with van der Waals surface area (Å²) < 4.78 is 12.4. The number of aliphatic carboxylic acids is 2. The summed E-state index contributed by atoms with van der Waals surface area (Å²) in [7, 11) is 0. The number of carboxylic acids is 2. The molecular formula is C11H12FNO4. The third-order valence-electron chi connectivity index (χ3n) is 2.20. The van der Waals surface area contributed by atoms with Crippen LogP contribution in [0.4, 0.5) is 4.39 Å². The number of alkyl halides is 1. The fraction of sp³-hybridized carbons (Fsp3) is 0.273. The first kappa shape index (κ1) is 13.1. The summed E-state index contributed by atoms with van der Waals surface area (Å²) in [6.45, 7) is -1.17. The number of rotatable bonds is 6. The predicted octanol–water partition coefficient (Wildman–Crippen LogP) is 0.825. The first-order chi connectivity index (χ1) is 8.06. The highest BCUT2D eigenvalue weighted by atomic mass is 19.1. The van der Waals surface area contributed by atoms with Gasteiger partial charge in [0.2, 0.25) is 0 Å². The van der Waals surface area contributed by atoms with Crippen LogP contribution in [-0.4, -0.2) is 34.9 Å². The number of carbonyl (C=O) groups is 2. The van der Waals surface area contributed by atoms with Gasteiger partial charge in [0.25, 0.3) is 0 Å². The van der Waals surface area contributed by atoms with Crippen LogP contribution in [0.5, 0.6) is 0 Å². The van der Waals surface area contributed by atoms with E-state index in [9.17, 15) is 14.0 Å². The lowest BCUT2D eigenvalue weighted by Crippen LogP contribution is -2.43. The van der Waals surface area contributed by atoms with Gasteiger partial charge in [0.15, 0.2) is 0 Å². The minimum absolute atomic E-state index is 0.375. The molecule has 0 aromatic heterocycles. The van der Waals surface area contributed by atoms with E-state index in [-0.39, 0.29) is 0 Å². The van der Waals surface area contributed by atoms with E-state index in [1.807, 2.05) is 0 Å². The van der Waals surface area contributed by atoms with Gasteiger partial charge in [0.1, 0.15) is 18.8 Å². The van der Waals surface area contributed by atoms with Crippen molar-refractivity contribution in [2.45, 2.75) is 12.1 Å². The van der Waals surface area contributed by atoms with E-state index in [1.165, 1.54) is 12.1 Å². The number of benzene rings is 1. The standard InChI is InChI=1S/C11H12FNO4/c12-6-8(10(14)15)13-9(11(16)17)7-4-2-1-3-5-7/h1-5,8-9,13H,6H2,(H,14,15)(H,16,17)/t8-,9?/m1/s1. The van der Waals surface area contributed by atoms with E-state index >= 15 is 0 Å². The molecule has 2 atom stereocenters. The lowest BCUT2D eigenvalue weighted by atomic mass is 10.1. The molecule has 0 fully saturated rings. The molecule has 1 aromatic carbocycles. The second kappa shape index (κ2) is 5.95. The summed E-state index contributed by atoms with van der Waals surface area (Å²) in [4.78, 5) is 21.6. The van der Waals surface area contributed by atoms with Crippen LogP contribution >= 0.6 is 0 Å². The molecule has 0 aliphatic rings. The zero-order valence-electron chi connectivity index (χ0n) is 8.84. The first-order valence-corrected chi connectivity index (χ1v) is 4.89. The van der Waals surface area contributed by atoms with Gasteiger partial charge in [0, 0.05) is 0 Å². The van der Waals surface area contributed by atoms with Crippen molar-refractivity contribution in [2.24, 2.45) is 0 Å². The second-order valence-corrected chi connectivity index (χ2v) is 3.39. The monoisotopic (exact) mass is 241 g/mol. The number of nitrogens with one attached hydrogen (secondary N) is 1. The number of hydrogen-bond donors (Lipinski definition) is 3. The molecule has 0 spiro atoms. The normalized spacial score (nSPS) is 13.9. The Kier molecular flexibility index (Phi) is 4.59. The SMILES string of the molecule is O=C(O)C(N[C@H](CF)C(=O)O)c1ccccc1. The topological polar surface area (TPSA) is 86.6 Å². The molecule has 0 aliphatic heterocycles. The van der Waals surface area contributed by atoms with Crippen molar-refractivity contribution in [1.29, 1.82) is 0 Å². The van der Waals surface area contributed by atoms with Crippen LogP contribution in [0, 0.1) is 0 Å². The van der Waals surface area contributed by atoms with Crippen molar-refractivity contribution in [3.8, 4) is 0 Å². The van der Waals surface area contributed by atoms with Crippen molar-refractivity contribution >= 4 is 11.9 Å². The first-order valence-electron chi connectivity index (χ1n) is 4.89. The lowest BCUT2D eigenvalue weighted by molar-refractivity contribution is -0.143. The van der Waals surface area contributed by atoms with Gasteiger partial charge in [-0.15, -0.1) is 0 Å². The molecule has 0 amide bonds. The number of carboxylic acid groups (broad SMARTS) is 2. The van der Waals surface area contributed by atoms with Gasteiger partial charge >= 0.3 is 11.9 Å².